The van der Waals surface area contributed by atoms with E-state index in [1.165, 1.54) is 17.8 Å². The fourth-order valence-corrected chi connectivity index (χ4v) is 1.07. The third kappa shape index (κ3) is 1.14. The van der Waals surface area contributed by atoms with Crippen LogP contribution in [0.5, 0.6) is 0 Å². The topological polar surface area (TPSA) is 56.5 Å². The zero-order valence-corrected chi connectivity index (χ0v) is 6.97. The Labute approximate surface area is 74.0 Å². The molecule has 0 saturated carbocycles. The third-order valence-corrected chi connectivity index (χ3v) is 1.67. The first-order valence-corrected chi connectivity index (χ1v) is 3.70. The molecular formula is C8H7N3O2. The number of ether oxygens (including phenoxy) is 1. The van der Waals surface area contributed by atoms with Crippen LogP contribution in [-0.4, -0.2) is 27.7 Å². The molecule has 2 aromatic rings. The van der Waals surface area contributed by atoms with Gasteiger partial charge in [-0.2, -0.15) is 5.10 Å². The van der Waals surface area contributed by atoms with Gasteiger partial charge in [-0.15, -0.1) is 0 Å². The molecule has 0 spiro atoms. The van der Waals surface area contributed by atoms with E-state index in [1.807, 2.05) is 0 Å². The Morgan fingerprint density at radius 3 is 3.23 bits per heavy atom. The van der Waals surface area contributed by atoms with Crippen molar-refractivity contribution in [2.24, 2.45) is 0 Å². The van der Waals surface area contributed by atoms with E-state index in [-0.39, 0.29) is 0 Å². The number of carbonyl (C=O) groups excluding carboxylic acids is 1. The summed E-state index contributed by atoms with van der Waals surface area (Å²) in [6, 6.07) is 3.52. The van der Waals surface area contributed by atoms with E-state index < -0.39 is 5.97 Å². The molecule has 0 saturated heterocycles. The van der Waals surface area contributed by atoms with Gasteiger partial charge in [0.15, 0.2) is 11.3 Å². The second kappa shape index (κ2) is 2.85. The number of imidazole rings is 1. The molecule has 0 aliphatic carbocycles. The van der Waals surface area contributed by atoms with Crippen LogP contribution in [0.2, 0.25) is 0 Å². The molecule has 0 aliphatic heterocycles. The molecule has 0 bridgehead atoms. The van der Waals surface area contributed by atoms with Gasteiger partial charge in [0.2, 0.25) is 0 Å². The number of hydrogen-bond acceptors (Lipinski definition) is 4. The maximum absolute atomic E-state index is 11.2. The minimum Gasteiger partial charge on any atom is -0.464 e. The normalized spacial score (nSPS) is 10.2. The van der Waals surface area contributed by atoms with Gasteiger partial charge in [-0.25, -0.2) is 14.3 Å². The Morgan fingerprint density at radius 1 is 1.62 bits per heavy atom. The second-order valence-corrected chi connectivity index (χ2v) is 2.43. The molecule has 0 aliphatic rings. The fourth-order valence-electron chi connectivity index (χ4n) is 1.07. The van der Waals surface area contributed by atoms with E-state index in [1.54, 1.807) is 18.3 Å². The van der Waals surface area contributed by atoms with E-state index in [0.717, 1.165) is 0 Å². The molecule has 0 fully saturated rings. The van der Waals surface area contributed by atoms with Crippen LogP contribution >= 0.6 is 0 Å². The number of methoxy groups -OCH3 is 1. The summed E-state index contributed by atoms with van der Waals surface area (Å²) in [5.41, 5.74) is 0.959. The van der Waals surface area contributed by atoms with Crippen molar-refractivity contribution >= 4 is 11.6 Å². The number of hydrogen-bond donors (Lipinski definition) is 0. The third-order valence-electron chi connectivity index (χ3n) is 1.67. The predicted octanol–water partition coefficient (Wildman–Crippen LogP) is 0.516. The van der Waals surface area contributed by atoms with Gasteiger partial charge in [0.1, 0.15) is 0 Å². The Morgan fingerprint density at radius 2 is 2.46 bits per heavy atom. The van der Waals surface area contributed by atoms with Crippen LogP contribution in [0.25, 0.3) is 5.65 Å². The van der Waals surface area contributed by atoms with Crippen LogP contribution < -0.4 is 0 Å². The quantitative estimate of drug-likeness (QED) is 0.596. The molecule has 66 valence electrons. The highest BCUT2D eigenvalue weighted by Crippen LogP contribution is 2.04. The van der Waals surface area contributed by atoms with Gasteiger partial charge in [0.05, 0.1) is 13.3 Å². The minimum absolute atomic E-state index is 0.332. The molecule has 0 unspecified atom stereocenters. The van der Waals surface area contributed by atoms with Gasteiger partial charge >= 0.3 is 5.97 Å². The van der Waals surface area contributed by atoms with Gasteiger partial charge in [0, 0.05) is 6.20 Å². The van der Waals surface area contributed by atoms with Gasteiger partial charge < -0.3 is 4.74 Å². The Balaban J connectivity index is 2.64. The van der Waals surface area contributed by atoms with Crippen LogP contribution in [0.15, 0.2) is 24.5 Å². The largest absolute Gasteiger partial charge is 0.464 e. The number of fused-ring (bicyclic) bond motifs is 1. The first kappa shape index (κ1) is 7.72. The van der Waals surface area contributed by atoms with Crippen molar-refractivity contribution in [3.63, 3.8) is 0 Å². The van der Waals surface area contributed by atoms with Crippen molar-refractivity contribution in [1.29, 1.82) is 0 Å². The first-order valence-electron chi connectivity index (χ1n) is 3.70. The molecule has 2 heterocycles. The van der Waals surface area contributed by atoms with Crippen molar-refractivity contribution in [3.05, 3.63) is 30.2 Å². The highest BCUT2D eigenvalue weighted by Gasteiger charge is 2.11. The standard InChI is InChI=1S/C8H7N3O2/c1-13-8(12)6-5-9-7-3-2-4-10-11(6)7/h2-5H,1H3. The number of esters is 1. The first-order chi connectivity index (χ1) is 6.33. The Bertz CT molecular complexity index is 449. The maximum atomic E-state index is 11.2. The zero-order chi connectivity index (χ0) is 9.26. The lowest BCUT2D eigenvalue weighted by Crippen LogP contribution is -2.06. The van der Waals surface area contributed by atoms with Crippen LogP contribution in [0, 0.1) is 0 Å². The van der Waals surface area contributed by atoms with E-state index in [9.17, 15) is 4.79 Å². The lowest BCUT2D eigenvalue weighted by atomic mass is 10.5. The van der Waals surface area contributed by atoms with E-state index in [2.05, 4.69) is 14.8 Å². The average Bonchev–Trinajstić information content (AvgIpc) is 2.60. The summed E-state index contributed by atoms with van der Waals surface area (Å²) >= 11 is 0. The highest BCUT2D eigenvalue weighted by molar-refractivity contribution is 5.88. The van der Waals surface area contributed by atoms with Crippen LogP contribution in [0.3, 0.4) is 0 Å². The van der Waals surface area contributed by atoms with E-state index in [4.69, 9.17) is 0 Å². The molecular weight excluding hydrogens is 170 g/mol. The lowest BCUT2D eigenvalue weighted by molar-refractivity contribution is 0.0591. The molecule has 0 amide bonds. The van der Waals surface area contributed by atoms with Crippen LogP contribution in [-0.2, 0) is 4.74 Å². The number of aromatic nitrogens is 3. The van der Waals surface area contributed by atoms with Crippen LogP contribution in [0.1, 0.15) is 10.5 Å². The van der Waals surface area contributed by atoms with Crippen molar-refractivity contribution in [3.8, 4) is 0 Å². The molecule has 13 heavy (non-hydrogen) atoms. The molecule has 2 aromatic heterocycles. The molecule has 0 atom stereocenters. The van der Waals surface area contributed by atoms with Gasteiger partial charge in [0.25, 0.3) is 0 Å². The molecule has 0 aromatic carbocycles. The summed E-state index contributed by atoms with van der Waals surface area (Å²) in [7, 11) is 1.32. The molecule has 2 rings (SSSR count). The highest BCUT2D eigenvalue weighted by atomic mass is 16.5. The van der Waals surface area contributed by atoms with Crippen molar-refractivity contribution in [2.75, 3.05) is 7.11 Å². The Hall–Kier alpha value is -1.91. The monoisotopic (exact) mass is 177 g/mol. The predicted molar refractivity (Wildman–Crippen MR) is 44.3 cm³/mol. The van der Waals surface area contributed by atoms with Crippen LogP contribution in [0.4, 0.5) is 0 Å². The fraction of sp³-hybridized carbons (Fsp3) is 0.125. The molecule has 0 radical (unpaired) electrons. The van der Waals surface area contributed by atoms with Crippen molar-refractivity contribution < 1.29 is 9.53 Å². The summed E-state index contributed by atoms with van der Waals surface area (Å²) in [4.78, 5) is 15.2. The lowest BCUT2D eigenvalue weighted by Gasteiger charge is -1.96. The SMILES string of the molecule is COC(=O)c1cnc2cccnn12. The summed E-state index contributed by atoms with van der Waals surface area (Å²) in [6.45, 7) is 0. The van der Waals surface area contributed by atoms with E-state index in [0.29, 0.717) is 11.3 Å². The maximum Gasteiger partial charge on any atom is 0.358 e. The van der Waals surface area contributed by atoms with Gasteiger partial charge in [-0.3, -0.25) is 0 Å². The smallest absolute Gasteiger partial charge is 0.358 e. The summed E-state index contributed by atoms with van der Waals surface area (Å²) in [5, 5.41) is 3.96. The minimum atomic E-state index is -0.439. The second-order valence-electron chi connectivity index (χ2n) is 2.43. The molecule has 5 heteroatoms. The summed E-state index contributed by atoms with van der Waals surface area (Å²) in [5.74, 6) is -0.439. The van der Waals surface area contributed by atoms with E-state index >= 15 is 0 Å². The van der Waals surface area contributed by atoms with Crippen molar-refractivity contribution in [2.45, 2.75) is 0 Å². The number of carbonyl (C=O) groups is 1. The summed E-state index contributed by atoms with van der Waals surface area (Å²) in [6.07, 6.45) is 3.02. The van der Waals surface area contributed by atoms with Gasteiger partial charge in [-0.1, -0.05) is 0 Å². The molecule has 5 nitrogen and oxygen atoms in total. The Kier molecular flexibility index (Phi) is 1.70. The summed E-state index contributed by atoms with van der Waals surface area (Å²) < 4.78 is 6.00. The zero-order valence-electron chi connectivity index (χ0n) is 6.97. The number of nitrogens with zero attached hydrogens (tertiary/aromatic N) is 3. The van der Waals surface area contributed by atoms with Crippen molar-refractivity contribution in [1.82, 2.24) is 14.6 Å². The van der Waals surface area contributed by atoms with Gasteiger partial charge in [-0.05, 0) is 12.1 Å². The number of rotatable bonds is 1. The molecule has 0 N–H and O–H groups in total. The average molecular weight is 177 g/mol.